The van der Waals surface area contributed by atoms with Crippen LogP contribution in [0.5, 0.6) is 5.75 Å². The number of carbonyl (C=O) groups is 3. The van der Waals surface area contributed by atoms with Crippen LogP contribution in [0.2, 0.25) is 0 Å². The summed E-state index contributed by atoms with van der Waals surface area (Å²) in [7, 11) is 1.51. The van der Waals surface area contributed by atoms with Crippen molar-refractivity contribution in [2.45, 2.75) is 56.2 Å². The Morgan fingerprint density at radius 2 is 2.14 bits per heavy atom. The van der Waals surface area contributed by atoms with Crippen molar-refractivity contribution in [3.63, 3.8) is 0 Å². The lowest BCUT2D eigenvalue weighted by Gasteiger charge is -2.53. The Kier molecular flexibility index (Phi) is 6.06. The number of ether oxygens (including phenoxy) is 1. The number of halogens is 2. The zero-order valence-electron chi connectivity index (χ0n) is 19.7. The number of aromatic nitrogens is 1. The summed E-state index contributed by atoms with van der Waals surface area (Å²) < 4.78 is 35.3. The maximum atomic E-state index is 15.0. The average molecular weight is 500 g/mol. The second kappa shape index (κ2) is 9.08. The van der Waals surface area contributed by atoms with E-state index in [9.17, 15) is 28.4 Å². The number of hydrogen-bond acceptors (Lipinski definition) is 5. The summed E-state index contributed by atoms with van der Waals surface area (Å²) in [6.07, 6.45) is 0.570. The number of rotatable bonds is 6. The minimum atomic E-state index is -3.11. The maximum Gasteiger partial charge on any atom is 0.271 e. The lowest BCUT2D eigenvalue weighted by molar-refractivity contribution is -0.179. The van der Waals surface area contributed by atoms with E-state index in [2.05, 4.69) is 15.6 Å². The zero-order chi connectivity index (χ0) is 25.6. The molecule has 3 saturated heterocycles. The third-order valence-electron chi connectivity index (χ3n) is 7.67. The SMILES string of the molecule is COc1cccc2[nH]c(C(=O)N3[C@@H]4CC[C@H]([C@@H]3C(=O)N[C@@H](C#N)C[C@H]3CCNC3=O)C(F)(F)C4)cc12. The number of methoxy groups -OCH3 is 1. The zero-order valence-corrected chi connectivity index (χ0v) is 19.7. The molecule has 1 saturated carbocycles. The second-order valence-electron chi connectivity index (χ2n) is 9.77. The Bertz CT molecular complexity index is 1250. The quantitative estimate of drug-likeness (QED) is 0.562. The van der Waals surface area contributed by atoms with Gasteiger partial charge in [-0.15, -0.1) is 0 Å². The predicted octanol–water partition coefficient (Wildman–Crippen LogP) is 2.34. The van der Waals surface area contributed by atoms with Crippen LogP contribution in [0.25, 0.3) is 10.9 Å². The van der Waals surface area contributed by atoms with Gasteiger partial charge in [0.25, 0.3) is 11.8 Å². The summed E-state index contributed by atoms with van der Waals surface area (Å²) in [4.78, 5) is 43.3. The van der Waals surface area contributed by atoms with Crippen LogP contribution in [0.1, 0.15) is 42.6 Å². The molecule has 1 aromatic heterocycles. The molecule has 4 fully saturated rings. The van der Waals surface area contributed by atoms with Crippen molar-refractivity contribution >= 4 is 28.6 Å². The number of H-pyrrole nitrogens is 1. The van der Waals surface area contributed by atoms with Gasteiger partial charge < -0.3 is 25.3 Å². The molecule has 11 heteroatoms. The van der Waals surface area contributed by atoms with Gasteiger partial charge >= 0.3 is 0 Å². The van der Waals surface area contributed by atoms with Crippen molar-refractivity contribution < 1.29 is 27.9 Å². The van der Waals surface area contributed by atoms with E-state index in [4.69, 9.17) is 4.74 Å². The van der Waals surface area contributed by atoms with E-state index < -0.39 is 54.1 Å². The minimum absolute atomic E-state index is 0.0844. The van der Waals surface area contributed by atoms with Crippen molar-refractivity contribution in [1.82, 2.24) is 20.5 Å². The number of alkyl halides is 2. The molecular formula is C25H27F2N5O4. The molecule has 3 N–H and O–H groups in total. The monoisotopic (exact) mass is 499 g/mol. The molecular weight excluding hydrogens is 472 g/mol. The topological polar surface area (TPSA) is 127 Å². The van der Waals surface area contributed by atoms with Crippen molar-refractivity contribution in [3.05, 3.63) is 30.0 Å². The van der Waals surface area contributed by atoms with E-state index in [1.807, 2.05) is 6.07 Å². The van der Waals surface area contributed by atoms with Crippen LogP contribution in [-0.4, -0.2) is 65.3 Å². The van der Waals surface area contributed by atoms with Gasteiger partial charge in [-0.1, -0.05) is 6.07 Å². The van der Waals surface area contributed by atoms with Crippen LogP contribution in [0, 0.1) is 23.2 Å². The lowest BCUT2D eigenvalue weighted by atomic mass is 9.71. The molecule has 3 aliphatic heterocycles. The lowest BCUT2D eigenvalue weighted by Crippen LogP contribution is -2.68. The molecule has 4 heterocycles. The van der Waals surface area contributed by atoms with Crippen LogP contribution in [0.4, 0.5) is 8.78 Å². The highest BCUT2D eigenvalue weighted by Gasteiger charge is 2.60. The number of aromatic amines is 1. The van der Waals surface area contributed by atoms with Crippen LogP contribution >= 0.6 is 0 Å². The van der Waals surface area contributed by atoms with E-state index in [1.165, 1.54) is 12.0 Å². The Morgan fingerprint density at radius 3 is 2.81 bits per heavy atom. The molecule has 2 bridgehead atoms. The highest BCUT2D eigenvalue weighted by atomic mass is 19.3. The molecule has 0 unspecified atom stereocenters. The largest absolute Gasteiger partial charge is 0.496 e. The smallest absolute Gasteiger partial charge is 0.271 e. The Labute approximate surface area is 206 Å². The van der Waals surface area contributed by atoms with Gasteiger partial charge in [0.2, 0.25) is 11.8 Å². The van der Waals surface area contributed by atoms with E-state index in [-0.39, 0.29) is 24.4 Å². The van der Waals surface area contributed by atoms with Crippen molar-refractivity contribution in [1.29, 1.82) is 5.26 Å². The fraction of sp³-hybridized carbons (Fsp3) is 0.520. The summed E-state index contributed by atoms with van der Waals surface area (Å²) in [5.41, 5.74) is 0.813. The fourth-order valence-corrected chi connectivity index (χ4v) is 5.91. The second-order valence-corrected chi connectivity index (χ2v) is 9.77. The molecule has 1 aliphatic carbocycles. The molecule has 2 aromatic rings. The number of fused-ring (bicyclic) bond motifs is 4. The Morgan fingerprint density at radius 1 is 1.33 bits per heavy atom. The van der Waals surface area contributed by atoms with Crippen LogP contribution < -0.4 is 15.4 Å². The number of nitriles is 1. The third-order valence-corrected chi connectivity index (χ3v) is 7.67. The first-order chi connectivity index (χ1) is 17.2. The molecule has 9 nitrogen and oxygen atoms in total. The summed E-state index contributed by atoms with van der Waals surface area (Å²) >= 11 is 0. The normalized spacial score (nSPS) is 27.4. The number of piperidine rings is 2. The third kappa shape index (κ3) is 4.04. The van der Waals surface area contributed by atoms with Crippen LogP contribution in [0.3, 0.4) is 0 Å². The van der Waals surface area contributed by atoms with Gasteiger partial charge in [-0.05, 0) is 43.9 Å². The molecule has 5 atom stereocenters. The van der Waals surface area contributed by atoms with Gasteiger partial charge in [0.15, 0.2) is 0 Å². The highest BCUT2D eigenvalue weighted by Crippen LogP contribution is 2.49. The van der Waals surface area contributed by atoms with Crippen LogP contribution in [-0.2, 0) is 9.59 Å². The Balaban J connectivity index is 1.43. The van der Waals surface area contributed by atoms with E-state index in [0.29, 0.717) is 36.0 Å². The van der Waals surface area contributed by atoms with Crippen molar-refractivity contribution in [2.75, 3.05) is 13.7 Å². The standard InChI is InChI=1S/C25H27F2N5O4/c1-36-20-4-2-3-18-16(20)10-19(31-18)24(35)32-15-5-6-17(25(26,27)11-15)21(32)23(34)30-14(12-28)9-13-7-8-29-22(13)33/h2-4,10,13-15,17,21,31H,5-9,11H2,1H3,(H,29,33)(H,30,34)/t13-,14-,15-,17-,21-/m1/s1. The predicted molar refractivity (Wildman–Crippen MR) is 124 cm³/mol. The number of amides is 3. The number of hydrogen-bond donors (Lipinski definition) is 3. The molecule has 3 amide bonds. The van der Waals surface area contributed by atoms with Crippen LogP contribution in [0.15, 0.2) is 24.3 Å². The molecule has 190 valence electrons. The van der Waals surface area contributed by atoms with E-state index >= 15 is 0 Å². The number of nitrogens with one attached hydrogen (secondary N) is 3. The Hall–Kier alpha value is -3.68. The molecule has 0 radical (unpaired) electrons. The minimum Gasteiger partial charge on any atom is -0.496 e. The maximum absolute atomic E-state index is 15.0. The van der Waals surface area contributed by atoms with E-state index in [0.717, 1.165) is 0 Å². The summed E-state index contributed by atoms with van der Waals surface area (Å²) in [6.45, 7) is 0.492. The van der Waals surface area contributed by atoms with Crippen molar-refractivity contribution in [3.8, 4) is 11.8 Å². The number of benzene rings is 1. The summed E-state index contributed by atoms with van der Waals surface area (Å²) in [6, 6.07) is 5.57. The van der Waals surface area contributed by atoms with Crippen molar-refractivity contribution in [2.24, 2.45) is 11.8 Å². The number of nitrogens with zero attached hydrogens (tertiary/aromatic N) is 2. The first-order valence-electron chi connectivity index (χ1n) is 12.1. The average Bonchev–Trinajstić information content (AvgIpc) is 3.48. The van der Waals surface area contributed by atoms with Gasteiger partial charge in [-0.3, -0.25) is 14.4 Å². The van der Waals surface area contributed by atoms with Gasteiger partial charge in [0.05, 0.1) is 19.1 Å². The van der Waals surface area contributed by atoms with Gasteiger partial charge in [0, 0.05) is 35.8 Å². The molecule has 1 aromatic carbocycles. The first kappa shape index (κ1) is 24.0. The molecule has 0 spiro atoms. The summed E-state index contributed by atoms with van der Waals surface area (Å²) in [5, 5.41) is 15.5. The van der Waals surface area contributed by atoms with E-state index in [1.54, 1.807) is 24.3 Å². The van der Waals surface area contributed by atoms with Gasteiger partial charge in [-0.2, -0.15) is 5.26 Å². The van der Waals surface area contributed by atoms with Gasteiger partial charge in [0.1, 0.15) is 23.5 Å². The molecule has 36 heavy (non-hydrogen) atoms. The van der Waals surface area contributed by atoms with Gasteiger partial charge in [-0.25, -0.2) is 8.78 Å². The number of carbonyl (C=O) groups excluding carboxylic acids is 3. The molecule has 6 rings (SSSR count). The highest BCUT2D eigenvalue weighted by molar-refractivity contribution is 6.02. The first-order valence-corrected chi connectivity index (χ1v) is 12.1. The summed E-state index contributed by atoms with van der Waals surface area (Å²) in [5.74, 6) is -5.90. The molecule has 4 aliphatic rings. The fourth-order valence-electron chi connectivity index (χ4n) is 5.91.